The second kappa shape index (κ2) is 7.09. The highest BCUT2D eigenvalue weighted by Crippen LogP contribution is 2.23. The van der Waals surface area contributed by atoms with Crippen LogP contribution in [0.2, 0.25) is 0 Å². The molecule has 6 heteroatoms. The van der Waals surface area contributed by atoms with Crippen LogP contribution in [0.25, 0.3) is 0 Å². The second-order valence-electron chi connectivity index (χ2n) is 5.59. The minimum absolute atomic E-state index is 0.140. The normalized spacial score (nSPS) is 10.5. The number of hydrogen-bond donors (Lipinski definition) is 2. The van der Waals surface area contributed by atoms with Crippen LogP contribution >= 0.6 is 0 Å². The lowest BCUT2D eigenvalue weighted by atomic mass is 10.1. The van der Waals surface area contributed by atoms with E-state index >= 15 is 0 Å². The summed E-state index contributed by atoms with van der Waals surface area (Å²) in [6.07, 6.45) is 0. The van der Waals surface area contributed by atoms with Gasteiger partial charge in [0.15, 0.2) is 0 Å². The van der Waals surface area contributed by atoms with Gasteiger partial charge in [-0.25, -0.2) is 0 Å². The van der Waals surface area contributed by atoms with E-state index < -0.39 is 0 Å². The molecule has 0 fully saturated rings. The number of phenols is 1. The number of amides is 1. The zero-order valence-corrected chi connectivity index (χ0v) is 13.9. The Hall–Kier alpha value is -3.28. The molecule has 0 aliphatic rings. The SMILES string of the molecule is Cc1noc(C)c1COc1ccccc1C(=O)Nc1ccc(O)cc1. The highest BCUT2D eigenvalue weighted by molar-refractivity contribution is 6.06. The average molecular weight is 338 g/mol. The number of carbonyl (C=O) groups excluding carboxylic acids is 1. The smallest absolute Gasteiger partial charge is 0.259 e. The highest BCUT2D eigenvalue weighted by Gasteiger charge is 2.15. The maximum absolute atomic E-state index is 12.5. The Labute approximate surface area is 145 Å². The number of para-hydroxylation sites is 1. The molecular formula is C19H18N2O4. The molecule has 0 aliphatic heterocycles. The van der Waals surface area contributed by atoms with Crippen molar-refractivity contribution < 1.29 is 19.2 Å². The molecule has 25 heavy (non-hydrogen) atoms. The van der Waals surface area contributed by atoms with Crippen LogP contribution < -0.4 is 10.1 Å². The molecule has 1 aromatic heterocycles. The van der Waals surface area contributed by atoms with Gasteiger partial charge in [-0.2, -0.15) is 0 Å². The van der Waals surface area contributed by atoms with E-state index in [1.165, 1.54) is 12.1 Å². The van der Waals surface area contributed by atoms with Gasteiger partial charge < -0.3 is 19.7 Å². The Morgan fingerprint density at radius 1 is 1.16 bits per heavy atom. The van der Waals surface area contributed by atoms with E-state index in [2.05, 4.69) is 10.5 Å². The minimum Gasteiger partial charge on any atom is -0.508 e. The fourth-order valence-electron chi connectivity index (χ4n) is 2.38. The van der Waals surface area contributed by atoms with Gasteiger partial charge in [0.1, 0.15) is 23.9 Å². The lowest BCUT2D eigenvalue weighted by Crippen LogP contribution is -2.13. The van der Waals surface area contributed by atoms with Crippen LogP contribution in [0.3, 0.4) is 0 Å². The van der Waals surface area contributed by atoms with Gasteiger partial charge in [-0.3, -0.25) is 4.79 Å². The van der Waals surface area contributed by atoms with Gasteiger partial charge in [0, 0.05) is 5.69 Å². The van der Waals surface area contributed by atoms with E-state index in [0.29, 0.717) is 22.8 Å². The van der Waals surface area contributed by atoms with Crippen molar-refractivity contribution in [1.29, 1.82) is 0 Å². The number of nitrogens with zero attached hydrogens (tertiary/aromatic N) is 1. The average Bonchev–Trinajstić information content (AvgIpc) is 2.93. The highest BCUT2D eigenvalue weighted by atomic mass is 16.5. The predicted molar refractivity (Wildman–Crippen MR) is 92.8 cm³/mol. The summed E-state index contributed by atoms with van der Waals surface area (Å²) in [5.74, 6) is 1.02. The first-order valence-electron chi connectivity index (χ1n) is 7.78. The topological polar surface area (TPSA) is 84.6 Å². The molecule has 0 saturated heterocycles. The Morgan fingerprint density at radius 2 is 1.88 bits per heavy atom. The van der Waals surface area contributed by atoms with E-state index in [-0.39, 0.29) is 18.3 Å². The molecular weight excluding hydrogens is 320 g/mol. The number of aromatic hydroxyl groups is 1. The minimum atomic E-state index is -0.292. The number of aromatic nitrogens is 1. The van der Waals surface area contributed by atoms with Crippen LogP contribution in [0.1, 0.15) is 27.4 Å². The number of hydrogen-bond acceptors (Lipinski definition) is 5. The summed E-state index contributed by atoms with van der Waals surface area (Å²) in [5, 5.41) is 16.0. The quantitative estimate of drug-likeness (QED) is 0.691. The van der Waals surface area contributed by atoms with Crippen LogP contribution in [0.15, 0.2) is 53.1 Å². The summed E-state index contributed by atoms with van der Waals surface area (Å²) in [5.41, 5.74) is 2.64. The van der Waals surface area contributed by atoms with Crippen LogP contribution in [0.5, 0.6) is 11.5 Å². The van der Waals surface area contributed by atoms with Gasteiger partial charge in [0.05, 0.1) is 16.8 Å². The van der Waals surface area contributed by atoms with Crippen LogP contribution in [-0.2, 0) is 6.61 Å². The summed E-state index contributed by atoms with van der Waals surface area (Å²) in [7, 11) is 0. The molecule has 1 amide bonds. The first kappa shape index (κ1) is 16.6. The van der Waals surface area contributed by atoms with E-state index in [0.717, 1.165) is 11.3 Å². The summed E-state index contributed by atoms with van der Waals surface area (Å²) in [6.45, 7) is 3.94. The predicted octanol–water partition coefficient (Wildman–Crippen LogP) is 3.83. The van der Waals surface area contributed by atoms with Crippen molar-refractivity contribution in [2.75, 3.05) is 5.32 Å². The molecule has 0 atom stereocenters. The van der Waals surface area contributed by atoms with Gasteiger partial charge >= 0.3 is 0 Å². The summed E-state index contributed by atoms with van der Waals surface area (Å²) < 4.78 is 10.9. The van der Waals surface area contributed by atoms with Crippen LogP contribution in [0.4, 0.5) is 5.69 Å². The molecule has 0 bridgehead atoms. The Kier molecular flexibility index (Phi) is 4.70. The molecule has 0 unspecified atom stereocenters. The lowest BCUT2D eigenvalue weighted by molar-refractivity contribution is 0.102. The molecule has 6 nitrogen and oxygen atoms in total. The number of aryl methyl sites for hydroxylation is 2. The van der Waals surface area contributed by atoms with Gasteiger partial charge in [0.25, 0.3) is 5.91 Å². The lowest BCUT2D eigenvalue weighted by Gasteiger charge is -2.11. The first-order valence-corrected chi connectivity index (χ1v) is 7.78. The van der Waals surface area contributed by atoms with Gasteiger partial charge in [-0.15, -0.1) is 0 Å². The Bertz CT molecular complexity index is 865. The standard InChI is InChI=1S/C19H18N2O4/c1-12-17(13(2)25-21-12)11-24-18-6-4-3-5-16(18)19(23)20-14-7-9-15(22)10-8-14/h3-10,22H,11H2,1-2H3,(H,20,23). The number of ether oxygens (including phenoxy) is 1. The maximum atomic E-state index is 12.5. The molecule has 3 rings (SSSR count). The van der Waals surface area contributed by atoms with Crippen molar-refractivity contribution in [2.24, 2.45) is 0 Å². The van der Waals surface area contributed by atoms with E-state index in [1.54, 1.807) is 36.4 Å². The second-order valence-corrected chi connectivity index (χ2v) is 5.59. The van der Waals surface area contributed by atoms with Crippen molar-refractivity contribution >= 4 is 11.6 Å². The van der Waals surface area contributed by atoms with Gasteiger partial charge in [-0.1, -0.05) is 17.3 Å². The summed E-state index contributed by atoms with van der Waals surface area (Å²) in [4.78, 5) is 12.5. The summed E-state index contributed by atoms with van der Waals surface area (Å²) >= 11 is 0. The fraction of sp³-hybridized carbons (Fsp3) is 0.158. The molecule has 0 aliphatic carbocycles. The number of carbonyl (C=O) groups is 1. The fourth-order valence-corrected chi connectivity index (χ4v) is 2.38. The molecule has 3 aromatic rings. The number of anilines is 1. The van der Waals surface area contributed by atoms with Gasteiger partial charge in [-0.05, 0) is 50.2 Å². The molecule has 1 heterocycles. The number of rotatable bonds is 5. The Balaban J connectivity index is 1.76. The van der Waals surface area contributed by atoms with Crippen molar-refractivity contribution in [3.63, 3.8) is 0 Å². The van der Waals surface area contributed by atoms with Crippen molar-refractivity contribution in [1.82, 2.24) is 5.16 Å². The molecule has 2 N–H and O–H groups in total. The van der Waals surface area contributed by atoms with Crippen molar-refractivity contribution in [3.05, 3.63) is 71.1 Å². The van der Waals surface area contributed by atoms with Crippen molar-refractivity contribution in [3.8, 4) is 11.5 Å². The van der Waals surface area contributed by atoms with Gasteiger partial charge in [0.2, 0.25) is 0 Å². The maximum Gasteiger partial charge on any atom is 0.259 e. The van der Waals surface area contributed by atoms with E-state index in [1.807, 2.05) is 13.8 Å². The van der Waals surface area contributed by atoms with Crippen LogP contribution in [0, 0.1) is 13.8 Å². The molecule has 0 spiro atoms. The van der Waals surface area contributed by atoms with E-state index in [4.69, 9.17) is 9.26 Å². The largest absolute Gasteiger partial charge is 0.508 e. The third-order valence-electron chi connectivity index (χ3n) is 3.81. The molecule has 128 valence electrons. The zero-order valence-electron chi connectivity index (χ0n) is 13.9. The van der Waals surface area contributed by atoms with Crippen molar-refractivity contribution in [2.45, 2.75) is 20.5 Å². The molecule has 0 radical (unpaired) electrons. The van der Waals surface area contributed by atoms with Crippen LogP contribution in [-0.4, -0.2) is 16.2 Å². The first-order chi connectivity index (χ1) is 12.0. The number of nitrogens with one attached hydrogen (secondary N) is 1. The Morgan fingerprint density at radius 3 is 2.56 bits per heavy atom. The number of benzene rings is 2. The third-order valence-corrected chi connectivity index (χ3v) is 3.81. The molecule has 0 saturated carbocycles. The zero-order chi connectivity index (χ0) is 17.8. The molecule has 2 aromatic carbocycles. The van der Waals surface area contributed by atoms with E-state index in [9.17, 15) is 9.90 Å². The summed E-state index contributed by atoms with van der Waals surface area (Å²) in [6, 6.07) is 13.3. The number of phenolic OH excluding ortho intramolecular Hbond substituents is 1. The third kappa shape index (κ3) is 3.80. The monoisotopic (exact) mass is 338 g/mol.